The molecule has 1 atom stereocenters. The zero-order valence-corrected chi connectivity index (χ0v) is 11.5. The summed E-state index contributed by atoms with van der Waals surface area (Å²) in [5.74, 6) is -1.20. The predicted octanol–water partition coefficient (Wildman–Crippen LogP) is 1.47. The van der Waals surface area contributed by atoms with Gasteiger partial charge in [0.05, 0.1) is 5.92 Å². The van der Waals surface area contributed by atoms with Crippen molar-refractivity contribution in [2.75, 3.05) is 11.9 Å². The fourth-order valence-corrected chi connectivity index (χ4v) is 2.06. The Hall–Kier alpha value is -2.66. The van der Waals surface area contributed by atoms with Gasteiger partial charge >= 0.3 is 0 Å². The number of rotatable bonds is 5. The summed E-state index contributed by atoms with van der Waals surface area (Å²) in [7, 11) is 0. The number of hydrogen-bond donors (Lipinski definition) is 3. The number of carbonyl (C=O) groups excluding carboxylic acids is 2. The predicted molar refractivity (Wildman–Crippen MR) is 81.8 cm³/mol. The minimum atomic E-state index is -0.537. The average Bonchev–Trinajstić information content (AvgIpc) is 2.49. The minimum absolute atomic E-state index is 0.200. The van der Waals surface area contributed by atoms with Crippen LogP contribution in [0.25, 0.3) is 0 Å². The lowest BCUT2D eigenvalue weighted by Gasteiger charge is -2.15. The summed E-state index contributed by atoms with van der Waals surface area (Å²) in [6.45, 7) is 0.200. The number of nitrogens with two attached hydrogens (primary N) is 2. The lowest BCUT2D eigenvalue weighted by molar-refractivity contribution is -0.117. The molecule has 0 heterocycles. The van der Waals surface area contributed by atoms with Gasteiger partial charge in [-0.3, -0.25) is 9.59 Å². The summed E-state index contributed by atoms with van der Waals surface area (Å²) in [5, 5.41) is 2.76. The van der Waals surface area contributed by atoms with Crippen LogP contribution in [0.3, 0.4) is 0 Å². The van der Waals surface area contributed by atoms with E-state index in [9.17, 15) is 9.59 Å². The van der Waals surface area contributed by atoms with Crippen molar-refractivity contribution >= 4 is 17.5 Å². The second kappa shape index (κ2) is 6.67. The lowest BCUT2D eigenvalue weighted by atomic mass is 9.98. The molecular formula is C16H17N3O2. The van der Waals surface area contributed by atoms with Crippen LogP contribution in [0.4, 0.5) is 5.69 Å². The van der Waals surface area contributed by atoms with Crippen molar-refractivity contribution in [2.45, 2.75) is 5.92 Å². The monoisotopic (exact) mass is 283 g/mol. The Morgan fingerprint density at radius 1 is 1.05 bits per heavy atom. The van der Waals surface area contributed by atoms with Gasteiger partial charge in [0.15, 0.2) is 0 Å². The summed E-state index contributed by atoms with van der Waals surface area (Å²) in [5.41, 5.74) is 12.6. The SMILES string of the molecule is NCC(C(=O)Nc1cccc(C(N)=O)c1)c1ccccc1. The van der Waals surface area contributed by atoms with Crippen LogP contribution in [0.5, 0.6) is 0 Å². The zero-order chi connectivity index (χ0) is 15.2. The first-order chi connectivity index (χ1) is 10.1. The van der Waals surface area contributed by atoms with Gasteiger partial charge in [0.1, 0.15) is 0 Å². The topological polar surface area (TPSA) is 98.2 Å². The summed E-state index contributed by atoms with van der Waals surface area (Å²) >= 11 is 0. The van der Waals surface area contributed by atoms with Crippen LogP contribution < -0.4 is 16.8 Å². The highest BCUT2D eigenvalue weighted by Gasteiger charge is 2.19. The molecule has 5 N–H and O–H groups in total. The first-order valence-corrected chi connectivity index (χ1v) is 6.57. The Morgan fingerprint density at radius 2 is 1.76 bits per heavy atom. The maximum Gasteiger partial charge on any atom is 0.248 e. The van der Waals surface area contributed by atoms with E-state index in [2.05, 4.69) is 5.32 Å². The molecule has 0 saturated heterocycles. The second-order valence-electron chi connectivity index (χ2n) is 4.63. The van der Waals surface area contributed by atoms with Crippen LogP contribution in [0.15, 0.2) is 54.6 Å². The summed E-state index contributed by atoms with van der Waals surface area (Å²) < 4.78 is 0. The Kier molecular flexibility index (Phi) is 4.68. The molecule has 0 aromatic heterocycles. The lowest BCUT2D eigenvalue weighted by Crippen LogP contribution is -2.27. The zero-order valence-electron chi connectivity index (χ0n) is 11.5. The van der Waals surface area contributed by atoms with Crippen LogP contribution in [0.1, 0.15) is 21.8 Å². The maximum absolute atomic E-state index is 12.3. The van der Waals surface area contributed by atoms with E-state index in [1.807, 2.05) is 30.3 Å². The van der Waals surface area contributed by atoms with Crippen molar-refractivity contribution in [2.24, 2.45) is 11.5 Å². The normalized spacial score (nSPS) is 11.7. The molecule has 2 aromatic carbocycles. The van der Waals surface area contributed by atoms with Gasteiger partial charge in [0, 0.05) is 17.8 Å². The minimum Gasteiger partial charge on any atom is -0.366 e. The van der Waals surface area contributed by atoms with Gasteiger partial charge in [0.25, 0.3) is 0 Å². The molecule has 0 aliphatic rings. The first-order valence-electron chi connectivity index (χ1n) is 6.57. The van der Waals surface area contributed by atoms with Crippen LogP contribution in [-0.2, 0) is 4.79 Å². The molecule has 21 heavy (non-hydrogen) atoms. The van der Waals surface area contributed by atoms with Crippen molar-refractivity contribution in [3.8, 4) is 0 Å². The first kappa shape index (κ1) is 14.7. The molecule has 0 spiro atoms. The Labute approximate surface area is 123 Å². The fraction of sp³-hybridized carbons (Fsp3) is 0.125. The Bertz CT molecular complexity index is 641. The van der Waals surface area contributed by atoms with Gasteiger partial charge < -0.3 is 16.8 Å². The van der Waals surface area contributed by atoms with Crippen LogP contribution in [0, 0.1) is 0 Å². The van der Waals surface area contributed by atoms with Gasteiger partial charge in [-0.25, -0.2) is 0 Å². The molecule has 2 rings (SSSR count). The molecule has 0 aliphatic carbocycles. The maximum atomic E-state index is 12.3. The summed E-state index contributed by atoms with van der Waals surface area (Å²) in [6.07, 6.45) is 0. The van der Waals surface area contributed by atoms with E-state index in [4.69, 9.17) is 11.5 Å². The standard InChI is InChI=1S/C16H17N3O2/c17-10-14(11-5-2-1-3-6-11)16(21)19-13-8-4-7-12(9-13)15(18)20/h1-9,14H,10,17H2,(H2,18,20)(H,19,21). The average molecular weight is 283 g/mol. The largest absolute Gasteiger partial charge is 0.366 e. The number of anilines is 1. The van der Waals surface area contributed by atoms with Crippen LogP contribution in [-0.4, -0.2) is 18.4 Å². The second-order valence-corrected chi connectivity index (χ2v) is 4.63. The number of primary amides is 1. The third-order valence-corrected chi connectivity index (χ3v) is 3.17. The highest BCUT2D eigenvalue weighted by atomic mass is 16.2. The molecular weight excluding hydrogens is 266 g/mol. The highest BCUT2D eigenvalue weighted by molar-refractivity contribution is 5.98. The number of hydrogen-bond acceptors (Lipinski definition) is 3. The van der Waals surface area contributed by atoms with Crippen LogP contribution >= 0.6 is 0 Å². The molecule has 5 nitrogen and oxygen atoms in total. The van der Waals surface area contributed by atoms with Crippen molar-refractivity contribution in [1.82, 2.24) is 0 Å². The highest BCUT2D eigenvalue weighted by Crippen LogP contribution is 2.18. The van der Waals surface area contributed by atoms with E-state index < -0.39 is 11.8 Å². The van der Waals surface area contributed by atoms with E-state index in [-0.39, 0.29) is 12.5 Å². The third kappa shape index (κ3) is 3.67. The summed E-state index contributed by atoms with van der Waals surface area (Å²) in [6, 6.07) is 15.8. The van der Waals surface area contributed by atoms with Crippen LogP contribution in [0.2, 0.25) is 0 Å². The van der Waals surface area contributed by atoms with Gasteiger partial charge in [-0.15, -0.1) is 0 Å². The molecule has 2 amide bonds. The smallest absolute Gasteiger partial charge is 0.248 e. The summed E-state index contributed by atoms with van der Waals surface area (Å²) in [4.78, 5) is 23.5. The number of carbonyl (C=O) groups is 2. The molecule has 0 fully saturated rings. The third-order valence-electron chi connectivity index (χ3n) is 3.17. The van der Waals surface area contributed by atoms with E-state index in [0.717, 1.165) is 5.56 Å². The number of nitrogens with one attached hydrogen (secondary N) is 1. The van der Waals surface area contributed by atoms with Crippen molar-refractivity contribution in [1.29, 1.82) is 0 Å². The van der Waals surface area contributed by atoms with Crippen molar-refractivity contribution < 1.29 is 9.59 Å². The molecule has 108 valence electrons. The number of benzene rings is 2. The van der Waals surface area contributed by atoms with Crippen molar-refractivity contribution in [3.05, 3.63) is 65.7 Å². The Morgan fingerprint density at radius 3 is 2.38 bits per heavy atom. The molecule has 0 bridgehead atoms. The van der Waals surface area contributed by atoms with Gasteiger partial charge in [-0.05, 0) is 23.8 Å². The van der Waals surface area contributed by atoms with Crippen molar-refractivity contribution in [3.63, 3.8) is 0 Å². The van der Waals surface area contributed by atoms with E-state index in [0.29, 0.717) is 11.3 Å². The molecule has 2 aromatic rings. The van der Waals surface area contributed by atoms with Gasteiger partial charge in [-0.1, -0.05) is 36.4 Å². The van der Waals surface area contributed by atoms with Gasteiger partial charge in [-0.2, -0.15) is 0 Å². The molecule has 5 heteroatoms. The van der Waals surface area contributed by atoms with E-state index >= 15 is 0 Å². The van der Waals surface area contributed by atoms with Gasteiger partial charge in [0.2, 0.25) is 11.8 Å². The van der Waals surface area contributed by atoms with E-state index in [1.54, 1.807) is 24.3 Å². The molecule has 0 aliphatic heterocycles. The number of amides is 2. The molecule has 1 unspecified atom stereocenters. The Balaban J connectivity index is 2.16. The fourth-order valence-electron chi connectivity index (χ4n) is 2.06. The quantitative estimate of drug-likeness (QED) is 0.774. The molecule has 0 saturated carbocycles. The van der Waals surface area contributed by atoms with E-state index in [1.165, 1.54) is 0 Å². The molecule has 0 radical (unpaired) electrons.